The summed E-state index contributed by atoms with van der Waals surface area (Å²) in [5, 5.41) is 0. The summed E-state index contributed by atoms with van der Waals surface area (Å²) in [5.41, 5.74) is 5.73. The Morgan fingerprint density at radius 1 is 0.475 bits per heavy atom. The van der Waals surface area contributed by atoms with Crippen LogP contribution in [-0.4, -0.2) is 235 Å². The first-order chi connectivity index (χ1) is 17.4. The van der Waals surface area contributed by atoms with Gasteiger partial charge >= 0.3 is 229 Å². The van der Waals surface area contributed by atoms with Gasteiger partial charge in [-0.25, -0.2) is 4.79 Å². The molecule has 11 heteroatoms. The molecule has 0 aromatic rings. The van der Waals surface area contributed by atoms with Crippen molar-refractivity contribution in [2.24, 2.45) is 5.73 Å². The van der Waals surface area contributed by atoms with Crippen LogP contribution >= 0.6 is 0 Å². The van der Waals surface area contributed by atoms with E-state index in [9.17, 15) is 19.2 Å². The van der Waals surface area contributed by atoms with Crippen LogP contribution < -0.4 is 5.73 Å². The molecule has 0 aromatic heterocycles. The van der Waals surface area contributed by atoms with Gasteiger partial charge in [0.15, 0.2) is 0 Å². The van der Waals surface area contributed by atoms with Gasteiger partial charge < -0.3 is 15.2 Å². The summed E-state index contributed by atoms with van der Waals surface area (Å²) in [6.07, 6.45) is 20.6. The molecule has 0 aliphatic heterocycles. The van der Waals surface area contributed by atoms with E-state index in [0.717, 1.165) is 25.7 Å². The molecule has 0 saturated heterocycles. The van der Waals surface area contributed by atoms with E-state index in [1.165, 1.54) is 77.0 Å². The number of carbonyl (C=O) groups excluding carboxylic acids is 4. The fraction of sp³-hybridized carbons (Fsp3) is 0.862. The molecule has 7 nitrogen and oxygen atoms in total. The van der Waals surface area contributed by atoms with Gasteiger partial charge in [-0.2, -0.15) is 0 Å². The molecule has 0 heterocycles. The van der Waals surface area contributed by atoms with Crippen LogP contribution in [0.4, 0.5) is 0 Å². The maximum atomic E-state index is 12.0. The molecule has 0 unspecified atom stereocenters. The number of hydrogen-bond acceptors (Lipinski definition) is 7. The molecule has 0 amide bonds. The second kappa shape index (κ2) is 41.8. The molecule has 218 valence electrons. The number of hydrogen-bond donors (Lipinski definition) is 1. The molecule has 0 fully saturated rings. The quantitative estimate of drug-likeness (QED) is 0.0697. The maximum absolute atomic E-state index is 12.0. The van der Waals surface area contributed by atoms with Gasteiger partial charge in [0.25, 0.3) is 0 Å². The van der Waals surface area contributed by atoms with Crippen LogP contribution in [0.25, 0.3) is 0 Å². The Kier molecular flexibility index (Phi) is 56.7. The molecule has 0 bridgehead atoms. The number of nitrogens with two attached hydrogens (primary N) is 1. The molecule has 0 aliphatic rings. The van der Waals surface area contributed by atoms with Gasteiger partial charge in [0.2, 0.25) is 0 Å². The van der Waals surface area contributed by atoms with Crippen LogP contribution in [0.15, 0.2) is 0 Å². The van der Waals surface area contributed by atoms with Crippen molar-refractivity contribution in [2.45, 2.75) is 161 Å². The van der Waals surface area contributed by atoms with E-state index in [1.54, 1.807) is 0 Å². The first kappa shape index (κ1) is 54.2. The zero-order valence-corrected chi connectivity index (χ0v) is 23.2. The van der Waals surface area contributed by atoms with Crippen LogP contribution in [0.1, 0.15) is 155 Å². The fourth-order valence-corrected chi connectivity index (χ4v) is 4.02. The Morgan fingerprint density at radius 2 is 0.775 bits per heavy atom. The van der Waals surface area contributed by atoms with Gasteiger partial charge in [-0.05, 0) is 19.3 Å². The average molecular weight is 672 g/mol. The summed E-state index contributed by atoms with van der Waals surface area (Å²) in [6, 6.07) is -1.10. The molecule has 0 saturated carbocycles. The molecular formula is C29H57K4NO6. The van der Waals surface area contributed by atoms with E-state index in [0.29, 0.717) is 12.8 Å². The van der Waals surface area contributed by atoms with E-state index in [4.69, 9.17) is 15.2 Å². The van der Waals surface area contributed by atoms with Gasteiger partial charge in [0.05, 0.1) is 0 Å². The minimum absolute atomic E-state index is 0. The van der Waals surface area contributed by atoms with E-state index >= 15 is 0 Å². The summed E-state index contributed by atoms with van der Waals surface area (Å²) >= 11 is 0. The van der Waals surface area contributed by atoms with Crippen molar-refractivity contribution in [3.8, 4) is 0 Å². The van der Waals surface area contributed by atoms with E-state index < -0.39 is 29.9 Å². The van der Waals surface area contributed by atoms with Crippen LogP contribution in [0.2, 0.25) is 0 Å². The Morgan fingerprint density at radius 3 is 1.15 bits per heavy atom. The van der Waals surface area contributed by atoms with E-state index in [1.807, 2.05) is 0 Å². The summed E-state index contributed by atoms with van der Waals surface area (Å²) < 4.78 is 9.58. The first-order valence-corrected chi connectivity index (χ1v) is 14.6. The molecule has 40 heavy (non-hydrogen) atoms. The Hall–Kier alpha value is 4.79. The third-order valence-corrected chi connectivity index (χ3v) is 6.37. The molecule has 0 aromatic carbocycles. The van der Waals surface area contributed by atoms with Gasteiger partial charge in [-0.3, -0.25) is 14.4 Å². The Labute approximate surface area is 415 Å². The van der Waals surface area contributed by atoms with Crippen molar-refractivity contribution >= 4 is 229 Å². The number of rotatable bonds is 24. The average Bonchev–Trinajstić information content (AvgIpc) is 2.85. The molecule has 1 atom stereocenters. The first-order valence-electron chi connectivity index (χ1n) is 14.6. The topological polar surface area (TPSA) is 113 Å². The third-order valence-electron chi connectivity index (χ3n) is 6.37. The molecule has 0 rings (SSSR count). The summed E-state index contributed by atoms with van der Waals surface area (Å²) in [4.78, 5) is 47.4. The summed E-state index contributed by atoms with van der Waals surface area (Å²) in [6.45, 7) is 4.40. The third kappa shape index (κ3) is 39.0. The fourth-order valence-electron chi connectivity index (χ4n) is 4.02. The number of ether oxygens (including phenoxy) is 2. The summed E-state index contributed by atoms with van der Waals surface area (Å²) in [5.74, 6) is -2.68. The van der Waals surface area contributed by atoms with Crippen molar-refractivity contribution in [1.29, 1.82) is 0 Å². The second-order valence-corrected chi connectivity index (χ2v) is 9.94. The molecule has 0 radical (unpaired) electrons. The standard InChI is InChI=1S/C29H53NO6.4K.4H/c1-3-5-7-9-11-13-15-17-19-21-26(31)35-28(33)24-23-25(30)29(34)36-27(32)22-20-18-16-14-12-10-8-6-4-2;;;;;;;;/h25H,3-24,30H2,1-2H3;;;;;;;;/t25-;;;;;;;;/m0......../s1. The van der Waals surface area contributed by atoms with Crippen molar-refractivity contribution in [3.63, 3.8) is 0 Å². The normalized spacial score (nSPS) is 10.6. The Bertz CT molecular complexity index is 611. The van der Waals surface area contributed by atoms with Crippen LogP contribution in [0.3, 0.4) is 0 Å². The number of unbranched alkanes of at least 4 members (excludes halogenated alkanes) is 16. The van der Waals surface area contributed by atoms with Crippen LogP contribution in [-0.2, 0) is 28.7 Å². The zero-order valence-electron chi connectivity index (χ0n) is 23.2. The van der Waals surface area contributed by atoms with Crippen molar-refractivity contribution in [2.75, 3.05) is 0 Å². The van der Waals surface area contributed by atoms with E-state index in [-0.39, 0.29) is 231 Å². The number of carbonyl (C=O) groups is 4. The van der Waals surface area contributed by atoms with Gasteiger partial charge in [0, 0.05) is 19.3 Å². The molecule has 0 spiro atoms. The second-order valence-electron chi connectivity index (χ2n) is 9.94. The van der Waals surface area contributed by atoms with Crippen LogP contribution in [0.5, 0.6) is 0 Å². The zero-order chi connectivity index (χ0) is 26.9. The molecular weight excluding hydrogens is 615 g/mol. The predicted octanol–water partition coefficient (Wildman–Crippen LogP) is 4.48. The van der Waals surface area contributed by atoms with Crippen LogP contribution in [0, 0.1) is 0 Å². The Balaban J connectivity index is -0.00000102. The SMILES string of the molecule is CCCCCCCCCCCC(=O)OC(=O)CC[C@H](N)C(=O)OC(=O)CCCCCCCCCCC.[KH].[KH].[KH].[KH]. The number of esters is 4. The molecule has 0 aliphatic carbocycles. The minimum atomic E-state index is -1.10. The van der Waals surface area contributed by atoms with Gasteiger partial charge in [-0.1, -0.05) is 117 Å². The van der Waals surface area contributed by atoms with Crippen molar-refractivity contribution in [3.05, 3.63) is 0 Å². The predicted molar refractivity (Wildman–Crippen MR) is 172 cm³/mol. The monoisotopic (exact) mass is 671 g/mol. The van der Waals surface area contributed by atoms with Crippen molar-refractivity contribution in [1.82, 2.24) is 0 Å². The molecule has 2 N–H and O–H groups in total. The van der Waals surface area contributed by atoms with Crippen molar-refractivity contribution < 1.29 is 28.7 Å². The van der Waals surface area contributed by atoms with Gasteiger partial charge in [-0.15, -0.1) is 0 Å². The summed E-state index contributed by atoms with van der Waals surface area (Å²) in [7, 11) is 0. The van der Waals surface area contributed by atoms with E-state index in [2.05, 4.69) is 13.8 Å². The van der Waals surface area contributed by atoms with Gasteiger partial charge in [0.1, 0.15) is 6.04 Å².